The van der Waals surface area contributed by atoms with Crippen molar-refractivity contribution in [2.45, 2.75) is 6.54 Å². The number of carbonyl (C=O) groups excluding carboxylic acids is 1. The van der Waals surface area contributed by atoms with Gasteiger partial charge in [0.15, 0.2) is 5.43 Å². The Morgan fingerprint density at radius 1 is 1.61 bits per heavy atom. The number of aromatic nitrogens is 2. The number of amides is 1. The number of methoxy groups -OCH3 is 1. The van der Waals surface area contributed by atoms with Gasteiger partial charge in [-0.2, -0.15) is 0 Å². The Kier molecular flexibility index (Phi) is 3.80. The molecule has 0 bridgehead atoms. The fourth-order valence-electron chi connectivity index (χ4n) is 1.63. The first kappa shape index (κ1) is 12.8. The van der Waals surface area contributed by atoms with Gasteiger partial charge in [0.2, 0.25) is 5.88 Å². The summed E-state index contributed by atoms with van der Waals surface area (Å²) in [7, 11) is 1.45. The second-order valence-corrected chi connectivity index (χ2v) is 4.47. The first-order valence-corrected chi connectivity index (χ1v) is 6.18. The first-order chi connectivity index (χ1) is 8.63. The van der Waals surface area contributed by atoms with Crippen LogP contribution in [0.4, 0.5) is 4.79 Å². The average Bonchev–Trinajstić information content (AvgIpc) is 2.37. The van der Waals surface area contributed by atoms with Crippen LogP contribution in [0.1, 0.15) is 5.56 Å². The maximum Gasteiger partial charge on any atom is 0.280 e. The summed E-state index contributed by atoms with van der Waals surface area (Å²) in [6, 6.07) is 3.36. The van der Waals surface area contributed by atoms with Crippen LogP contribution in [0.25, 0.3) is 11.0 Å². The van der Waals surface area contributed by atoms with Gasteiger partial charge >= 0.3 is 0 Å². The summed E-state index contributed by atoms with van der Waals surface area (Å²) in [6.45, 7) is 0.116. The van der Waals surface area contributed by atoms with Crippen molar-refractivity contribution in [1.29, 1.82) is 0 Å². The van der Waals surface area contributed by atoms with Crippen LogP contribution in [0.15, 0.2) is 23.1 Å². The van der Waals surface area contributed by atoms with Crippen molar-refractivity contribution >= 4 is 37.5 Å². The molecule has 0 aliphatic heterocycles. The van der Waals surface area contributed by atoms with Gasteiger partial charge in [0.05, 0.1) is 24.6 Å². The number of nitrogens with one attached hydrogen (secondary N) is 2. The second-order valence-electron chi connectivity index (χ2n) is 3.49. The van der Waals surface area contributed by atoms with E-state index >= 15 is 0 Å². The second kappa shape index (κ2) is 5.34. The summed E-state index contributed by atoms with van der Waals surface area (Å²) in [5.74, 6) is 0.316. The molecule has 0 radical (unpaired) electrons. The minimum atomic E-state index is -0.236. The summed E-state index contributed by atoms with van der Waals surface area (Å²) in [4.78, 5) is 30.1. The molecule has 2 N–H and O–H groups in total. The first-order valence-electron chi connectivity index (χ1n) is 5.10. The minimum Gasteiger partial charge on any atom is -0.482 e. The third kappa shape index (κ3) is 2.45. The number of ether oxygens (including phenoxy) is 1. The molecule has 0 aliphatic rings. The van der Waals surface area contributed by atoms with Crippen LogP contribution < -0.4 is 15.5 Å². The van der Waals surface area contributed by atoms with Gasteiger partial charge in [-0.25, -0.2) is 4.98 Å². The third-order valence-electron chi connectivity index (χ3n) is 2.44. The van der Waals surface area contributed by atoms with Crippen molar-refractivity contribution in [2.75, 3.05) is 7.11 Å². The van der Waals surface area contributed by atoms with E-state index < -0.39 is 0 Å². The van der Waals surface area contributed by atoms with Crippen LogP contribution >= 0.6 is 22.6 Å². The van der Waals surface area contributed by atoms with Crippen molar-refractivity contribution in [2.24, 2.45) is 0 Å². The van der Waals surface area contributed by atoms with E-state index in [0.29, 0.717) is 22.5 Å². The predicted molar refractivity (Wildman–Crippen MR) is 75.2 cm³/mol. The maximum absolute atomic E-state index is 12.2. The number of pyridine rings is 2. The topological polar surface area (TPSA) is 84.1 Å². The zero-order valence-corrected chi connectivity index (χ0v) is 11.6. The lowest BCUT2D eigenvalue weighted by molar-refractivity contribution is 0.262. The molecule has 7 heteroatoms. The van der Waals surface area contributed by atoms with E-state index in [1.807, 2.05) is 0 Å². The molecule has 0 atom stereocenters. The van der Waals surface area contributed by atoms with E-state index in [1.54, 1.807) is 40.9 Å². The Labute approximate surface area is 116 Å². The molecule has 94 valence electrons. The molecule has 0 aromatic carbocycles. The molecule has 6 nitrogen and oxygen atoms in total. The highest BCUT2D eigenvalue weighted by molar-refractivity contribution is 14.1. The van der Waals surface area contributed by atoms with Gasteiger partial charge in [0.25, 0.3) is 3.91 Å². The van der Waals surface area contributed by atoms with E-state index in [2.05, 4.69) is 15.3 Å². The van der Waals surface area contributed by atoms with Crippen LogP contribution in [0.2, 0.25) is 0 Å². The molecule has 1 amide bonds. The van der Waals surface area contributed by atoms with Crippen molar-refractivity contribution in [1.82, 2.24) is 15.3 Å². The van der Waals surface area contributed by atoms with Gasteiger partial charge < -0.3 is 15.0 Å². The molecular weight excluding hydrogens is 349 g/mol. The molecule has 0 spiro atoms. The lowest BCUT2D eigenvalue weighted by atomic mass is 10.2. The number of H-pyrrole nitrogens is 1. The number of hydrogen-bond donors (Lipinski definition) is 2. The van der Waals surface area contributed by atoms with Gasteiger partial charge in [0, 0.05) is 28.8 Å². The number of halogens is 1. The number of hydrogen-bond acceptors (Lipinski definition) is 4. The molecule has 0 aliphatic carbocycles. The highest BCUT2D eigenvalue weighted by atomic mass is 127. The van der Waals surface area contributed by atoms with Crippen molar-refractivity contribution in [3.63, 3.8) is 0 Å². The van der Waals surface area contributed by atoms with Crippen molar-refractivity contribution < 1.29 is 9.53 Å². The highest BCUT2D eigenvalue weighted by Gasteiger charge is 2.13. The fraction of sp³-hybridized carbons (Fsp3) is 0.182. The maximum atomic E-state index is 12.2. The van der Waals surface area contributed by atoms with E-state index in [0.717, 1.165) is 0 Å². The van der Waals surface area contributed by atoms with Gasteiger partial charge in [-0.3, -0.25) is 9.59 Å². The largest absolute Gasteiger partial charge is 0.482 e. The molecular formula is C11H10IN3O3. The third-order valence-corrected chi connectivity index (χ3v) is 2.82. The zero-order valence-electron chi connectivity index (χ0n) is 9.49. The number of fused-ring (bicyclic) bond motifs is 1. The summed E-state index contributed by atoms with van der Waals surface area (Å²) in [6.07, 6.45) is 1.59. The molecule has 0 saturated heterocycles. The fourth-order valence-corrected chi connectivity index (χ4v) is 1.82. The number of nitrogens with zero attached hydrogens (tertiary/aromatic N) is 1. The summed E-state index contributed by atoms with van der Waals surface area (Å²) in [5, 5.41) is 3.04. The number of aromatic amines is 1. The van der Waals surface area contributed by atoms with Crippen LogP contribution in [0.5, 0.6) is 5.88 Å². The molecule has 2 aromatic rings. The van der Waals surface area contributed by atoms with Crippen LogP contribution in [0.3, 0.4) is 0 Å². The zero-order chi connectivity index (χ0) is 13.1. The molecule has 2 heterocycles. The summed E-state index contributed by atoms with van der Waals surface area (Å²) in [5.41, 5.74) is 0.644. The van der Waals surface area contributed by atoms with Gasteiger partial charge in [-0.05, 0) is 12.1 Å². The van der Waals surface area contributed by atoms with Gasteiger partial charge in [-0.15, -0.1) is 0 Å². The Bertz CT molecular complexity index is 654. The number of rotatable bonds is 3. The Morgan fingerprint density at radius 3 is 3.06 bits per heavy atom. The monoisotopic (exact) mass is 359 g/mol. The molecule has 2 rings (SSSR count). The minimum absolute atomic E-state index is 0.116. The van der Waals surface area contributed by atoms with Gasteiger partial charge in [-0.1, -0.05) is 0 Å². The van der Waals surface area contributed by atoms with E-state index in [-0.39, 0.29) is 15.9 Å². The normalized spacial score (nSPS) is 10.3. The Hall–Kier alpha value is -1.64. The lowest BCUT2D eigenvalue weighted by Crippen LogP contribution is -2.22. The Morgan fingerprint density at radius 2 is 2.39 bits per heavy atom. The lowest BCUT2D eigenvalue weighted by Gasteiger charge is -2.09. The standard InChI is InChI=1S/C11H10IN3O3/c1-18-10-7(5-14-11(12)17)8(16)6-3-2-4-13-9(6)15-10/h2-4H,5H2,1H3,(H,14,17)(H,13,15,16). The van der Waals surface area contributed by atoms with Crippen LogP contribution in [-0.2, 0) is 6.54 Å². The molecule has 0 unspecified atom stereocenters. The molecule has 0 fully saturated rings. The van der Waals surface area contributed by atoms with Crippen LogP contribution in [-0.4, -0.2) is 21.0 Å². The predicted octanol–water partition coefficient (Wildman–Crippen LogP) is 1.58. The Balaban J connectivity index is 2.59. The highest BCUT2D eigenvalue weighted by Crippen LogP contribution is 2.15. The molecule has 0 saturated carbocycles. The van der Waals surface area contributed by atoms with E-state index in [1.165, 1.54) is 7.11 Å². The smallest absolute Gasteiger partial charge is 0.280 e. The summed E-state index contributed by atoms with van der Waals surface area (Å²) < 4.78 is 4.88. The van der Waals surface area contributed by atoms with E-state index in [9.17, 15) is 9.59 Å². The molecule has 18 heavy (non-hydrogen) atoms. The van der Waals surface area contributed by atoms with Crippen molar-refractivity contribution in [3.8, 4) is 5.88 Å². The quantitative estimate of drug-likeness (QED) is 0.495. The van der Waals surface area contributed by atoms with Crippen molar-refractivity contribution in [3.05, 3.63) is 34.1 Å². The van der Waals surface area contributed by atoms with Crippen LogP contribution in [0, 0.1) is 0 Å². The summed E-state index contributed by atoms with van der Waals surface area (Å²) >= 11 is 1.61. The SMILES string of the molecule is COc1[nH]c2ncccc2c(=O)c1CNC(=O)I. The number of carbonyl (C=O) groups is 1. The van der Waals surface area contributed by atoms with Gasteiger partial charge in [0.1, 0.15) is 5.65 Å². The van der Waals surface area contributed by atoms with E-state index in [4.69, 9.17) is 4.74 Å². The average molecular weight is 359 g/mol. The molecule has 2 aromatic heterocycles.